The summed E-state index contributed by atoms with van der Waals surface area (Å²) in [7, 11) is 0. The molecule has 23 heavy (non-hydrogen) atoms. The smallest absolute Gasteiger partial charge is 0.0711 e. The van der Waals surface area contributed by atoms with Crippen LogP contribution in [0, 0.1) is 6.92 Å². The van der Waals surface area contributed by atoms with Gasteiger partial charge in [-0.3, -0.25) is 4.98 Å². The number of rotatable bonds is 1. The van der Waals surface area contributed by atoms with E-state index in [1.807, 2.05) is 12.3 Å². The van der Waals surface area contributed by atoms with Crippen molar-refractivity contribution < 1.29 is 0 Å². The molecule has 108 valence electrons. The molecule has 1 nitrogen and oxygen atoms in total. The van der Waals surface area contributed by atoms with Crippen molar-refractivity contribution in [1.82, 2.24) is 4.98 Å². The molecule has 1 aliphatic carbocycles. The van der Waals surface area contributed by atoms with Crippen molar-refractivity contribution in [1.29, 1.82) is 0 Å². The summed E-state index contributed by atoms with van der Waals surface area (Å²) in [5.41, 5.74) is 8.80. The Hall–Kier alpha value is -2.93. The number of nitrogens with zero attached hydrogens (tertiary/aromatic N) is 1. The summed E-state index contributed by atoms with van der Waals surface area (Å²) in [6.45, 7) is 2.11. The number of aromatic nitrogens is 1. The summed E-state index contributed by atoms with van der Waals surface area (Å²) in [5.74, 6) is 0. The molecule has 0 aliphatic heterocycles. The third-order valence-electron chi connectivity index (χ3n) is 4.72. The van der Waals surface area contributed by atoms with Crippen molar-refractivity contribution in [2.45, 2.75) is 6.92 Å². The first-order valence-electron chi connectivity index (χ1n) is 7.91. The van der Waals surface area contributed by atoms with Gasteiger partial charge in [0, 0.05) is 11.8 Å². The minimum atomic E-state index is 1.05. The number of fused-ring (bicyclic) bond motifs is 3. The van der Waals surface area contributed by atoms with Gasteiger partial charge in [0.1, 0.15) is 0 Å². The molecule has 0 unspecified atom stereocenters. The maximum atomic E-state index is 4.61. The number of benzene rings is 3. The average Bonchev–Trinajstić information content (AvgIpc) is 2.92. The van der Waals surface area contributed by atoms with Gasteiger partial charge in [-0.05, 0) is 57.6 Å². The summed E-state index contributed by atoms with van der Waals surface area (Å²) >= 11 is 0. The Morgan fingerprint density at radius 1 is 0.696 bits per heavy atom. The zero-order valence-electron chi connectivity index (χ0n) is 12.9. The Morgan fingerprint density at radius 2 is 1.39 bits per heavy atom. The first-order valence-corrected chi connectivity index (χ1v) is 7.91. The second kappa shape index (κ2) is 4.53. The zero-order valence-corrected chi connectivity index (χ0v) is 12.9. The first kappa shape index (κ1) is 12.6. The molecule has 0 saturated carbocycles. The highest BCUT2D eigenvalue weighted by molar-refractivity contribution is 6.17. The van der Waals surface area contributed by atoms with E-state index in [2.05, 4.69) is 72.6 Å². The van der Waals surface area contributed by atoms with Gasteiger partial charge in [-0.15, -0.1) is 0 Å². The van der Waals surface area contributed by atoms with Crippen LogP contribution in [0.25, 0.3) is 44.3 Å². The standard InChI is InChI=1S/C22H15N/c1-14-11-12-23-20(13-14)18-9-4-8-17-16-7-2-5-15-6-3-10-19(21(15)16)22(17)18/h2-13H,1H3. The van der Waals surface area contributed by atoms with E-state index in [0.717, 1.165) is 5.69 Å². The molecule has 0 atom stereocenters. The van der Waals surface area contributed by atoms with Gasteiger partial charge in [-0.2, -0.15) is 0 Å². The van der Waals surface area contributed by atoms with Gasteiger partial charge in [-0.1, -0.05) is 54.6 Å². The lowest BCUT2D eigenvalue weighted by molar-refractivity contribution is 1.29. The minimum Gasteiger partial charge on any atom is -0.256 e. The quantitative estimate of drug-likeness (QED) is 0.377. The number of aryl methyl sites for hydroxylation is 1. The summed E-state index contributed by atoms with van der Waals surface area (Å²) in [6, 6.07) is 23.9. The van der Waals surface area contributed by atoms with Gasteiger partial charge in [-0.25, -0.2) is 0 Å². The molecular weight excluding hydrogens is 278 g/mol. The summed E-state index contributed by atoms with van der Waals surface area (Å²) in [5, 5.41) is 2.67. The van der Waals surface area contributed by atoms with E-state index in [1.165, 1.54) is 44.2 Å². The molecule has 0 amide bonds. The second-order valence-electron chi connectivity index (χ2n) is 6.16. The van der Waals surface area contributed by atoms with Crippen molar-refractivity contribution in [2.24, 2.45) is 0 Å². The lowest BCUT2D eigenvalue weighted by Crippen LogP contribution is -1.88. The van der Waals surface area contributed by atoms with Crippen LogP contribution in [0.1, 0.15) is 5.56 Å². The molecule has 0 spiro atoms. The highest BCUT2D eigenvalue weighted by Crippen LogP contribution is 2.50. The Morgan fingerprint density at radius 3 is 2.22 bits per heavy atom. The molecule has 0 radical (unpaired) electrons. The van der Waals surface area contributed by atoms with Crippen LogP contribution in [0.2, 0.25) is 0 Å². The Bertz CT molecular complexity index is 1070. The van der Waals surface area contributed by atoms with Crippen molar-refractivity contribution >= 4 is 10.8 Å². The van der Waals surface area contributed by atoms with E-state index in [9.17, 15) is 0 Å². The van der Waals surface area contributed by atoms with Crippen molar-refractivity contribution in [3.8, 4) is 33.5 Å². The third-order valence-corrected chi connectivity index (χ3v) is 4.72. The maximum absolute atomic E-state index is 4.61. The van der Waals surface area contributed by atoms with Gasteiger partial charge in [0.15, 0.2) is 0 Å². The van der Waals surface area contributed by atoms with Gasteiger partial charge in [0.2, 0.25) is 0 Å². The normalized spacial score (nSPS) is 11.7. The molecule has 4 aromatic rings. The largest absolute Gasteiger partial charge is 0.256 e. The number of hydrogen-bond donors (Lipinski definition) is 0. The fourth-order valence-electron chi connectivity index (χ4n) is 3.74. The highest BCUT2D eigenvalue weighted by Gasteiger charge is 2.24. The fourth-order valence-corrected chi connectivity index (χ4v) is 3.74. The summed E-state index contributed by atoms with van der Waals surface area (Å²) in [4.78, 5) is 4.61. The van der Waals surface area contributed by atoms with E-state index in [4.69, 9.17) is 0 Å². The molecule has 0 saturated heterocycles. The van der Waals surface area contributed by atoms with Crippen molar-refractivity contribution in [3.05, 3.63) is 78.5 Å². The Labute approximate surface area is 135 Å². The maximum Gasteiger partial charge on any atom is 0.0711 e. The van der Waals surface area contributed by atoms with Crippen LogP contribution in [-0.4, -0.2) is 4.98 Å². The molecule has 0 N–H and O–H groups in total. The predicted molar refractivity (Wildman–Crippen MR) is 96.3 cm³/mol. The SMILES string of the molecule is Cc1ccnc(-c2cccc3c2-c2cccc4cccc-3c24)c1. The molecule has 1 heteroatoms. The van der Waals surface area contributed by atoms with E-state index in [0.29, 0.717) is 0 Å². The zero-order chi connectivity index (χ0) is 15.4. The summed E-state index contributed by atoms with van der Waals surface area (Å²) in [6.07, 6.45) is 1.90. The van der Waals surface area contributed by atoms with E-state index in [-0.39, 0.29) is 0 Å². The van der Waals surface area contributed by atoms with Crippen LogP contribution in [0.4, 0.5) is 0 Å². The van der Waals surface area contributed by atoms with E-state index < -0.39 is 0 Å². The van der Waals surface area contributed by atoms with Crippen LogP contribution in [0.5, 0.6) is 0 Å². The van der Waals surface area contributed by atoms with E-state index >= 15 is 0 Å². The molecule has 1 aromatic heterocycles. The summed E-state index contributed by atoms with van der Waals surface area (Å²) < 4.78 is 0. The Balaban J connectivity index is 1.91. The average molecular weight is 293 g/mol. The van der Waals surface area contributed by atoms with Crippen LogP contribution in [0.15, 0.2) is 72.9 Å². The highest BCUT2D eigenvalue weighted by atomic mass is 14.7. The topological polar surface area (TPSA) is 12.9 Å². The molecule has 1 heterocycles. The van der Waals surface area contributed by atoms with Gasteiger partial charge < -0.3 is 0 Å². The van der Waals surface area contributed by atoms with Crippen molar-refractivity contribution in [2.75, 3.05) is 0 Å². The minimum absolute atomic E-state index is 1.05. The lowest BCUT2D eigenvalue weighted by Gasteiger charge is -2.10. The Kier molecular flexibility index (Phi) is 2.48. The van der Waals surface area contributed by atoms with Crippen molar-refractivity contribution in [3.63, 3.8) is 0 Å². The monoisotopic (exact) mass is 293 g/mol. The third kappa shape index (κ3) is 1.71. The molecule has 0 bridgehead atoms. The van der Waals surface area contributed by atoms with Gasteiger partial charge >= 0.3 is 0 Å². The molecule has 0 fully saturated rings. The lowest BCUT2D eigenvalue weighted by atomic mass is 9.95. The van der Waals surface area contributed by atoms with Crippen LogP contribution >= 0.6 is 0 Å². The fraction of sp³-hybridized carbons (Fsp3) is 0.0455. The molecule has 5 rings (SSSR count). The molecule has 3 aromatic carbocycles. The van der Waals surface area contributed by atoms with Gasteiger partial charge in [0.05, 0.1) is 5.69 Å². The number of pyridine rings is 1. The number of hydrogen-bond acceptors (Lipinski definition) is 1. The molecular formula is C22H15N. The van der Waals surface area contributed by atoms with Crippen LogP contribution in [0.3, 0.4) is 0 Å². The second-order valence-corrected chi connectivity index (χ2v) is 6.16. The van der Waals surface area contributed by atoms with Gasteiger partial charge in [0.25, 0.3) is 0 Å². The first-order chi connectivity index (χ1) is 11.3. The molecule has 1 aliphatic rings. The van der Waals surface area contributed by atoms with E-state index in [1.54, 1.807) is 0 Å². The predicted octanol–water partition coefficient (Wildman–Crippen LogP) is 5.86. The van der Waals surface area contributed by atoms with Crippen LogP contribution in [-0.2, 0) is 0 Å². The van der Waals surface area contributed by atoms with Crippen LogP contribution < -0.4 is 0 Å².